The second-order valence-electron chi connectivity index (χ2n) is 5.58. The van der Waals surface area contributed by atoms with Gasteiger partial charge in [-0.25, -0.2) is 4.79 Å². The number of likely N-dealkylation sites (N-methyl/N-ethyl adjacent to an activating group) is 1. The Hall–Kier alpha value is -1.75. The molecule has 0 radical (unpaired) electrons. The van der Waals surface area contributed by atoms with Crippen molar-refractivity contribution < 1.29 is 14.3 Å². The normalized spacial score (nSPS) is 13.3. The molecule has 4 nitrogen and oxygen atoms in total. The van der Waals surface area contributed by atoms with Gasteiger partial charge in [0.25, 0.3) is 5.72 Å². The minimum absolute atomic E-state index is 0.242. The molecule has 0 saturated carbocycles. The van der Waals surface area contributed by atoms with Crippen LogP contribution in [0.1, 0.15) is 26.3 Å². The first kappa shape index (κ1) is 20.6. The molecule has 0 fully saturated rings. The average Bonchev–Trinajstić information content (AvgIpc) is 2.64. The Bertz CT molecular complexity index is 735. The molecule has 140 valence electrons. The van der Waals surface area contributed by atoms with E-state index in [1.54, 1.807) is 25.1 Å². The topological polar surface area (TPSA) is 38.8 Å². The summed E-state index contributed by atoms with van der Waals surface area (Å²) in [6.07, 6.45) is 0. The van der Waals surface area contributed by atoms with Crippen LogP contribution in [0.3, 0.4) is 0 Å². The highest BCUT2D eigenvalue weighted by Gasteiger charge is 2.49. The molecule has 1 atom stereocenters. The highest BCUT2D eigenvalue weighted by molar-refractivity contribution is 6.35. The number of halogens is 2. The number of carbonyl (C=O) groups excluding carboxylic acids is 1. The fourth-order valence-corrected chi connectivity index (χ4v) is 3.32. The number of benzene rings is 2. The molecule has 0 aromatic heterocycles. The van der Waals surface area contributed by atoms with Crippen molar-refractivity contribution in [3.8, 4) is 5.75 Å². The van der Waals surface area contributed by atoms with Crippen molar-refractivity contribution in [2.75, 3.05) is 19.7 Å². The SMILES string of the molecule is CCOC(=O)C(Oc1ccc(Cl)cc1Cl)(c1ccccc1)N(CC)CC. The molecule has 0 heterocycles. The molecule has 26 heavy (non-hydrogen) atoms. The molecule has 1 unspecified atom stereocenters. The third-order valence-electron chi connectivity index (χ3n) is 4.08. The zero-order valence-corrected chi connectivity index (χ0v) is 16.7. The lowest BCUT2D eigenvalue weighted by Crippen LogP contribution is -2.57. The van der Waals surface area contributed by atoms with Crippen LogP contribution in [-0.4, -0.2) is 30.6 Å². The Morgan fingerprint density at radius 1 is 1.04 bits per heavy atom. The first-order valence-electron chi connectivity index (χ1n) is 8.61. The molecule has 0 saturated heterocycles. The van der Waals surface area contributed by atoms with Gasteiger partial charge in [-0.15, -0.1) is 0 Å². The molecule has 2 aromatic rings. The van der Waals surface area contributed by atoms with E-state index in [0.717, 1.165) is 0 Å². The van der Waals surface area contributed by atoms with Crippen LogP contribution < -0.4 is 4.74 Å². The van der Waals surface area contributed by atoms with Gasteiger partial charge in [-0.2, -0.15) is 0 Å². The maximum absolute atomic E-state index is 13.1. The van der Waals surface area contributed by atoms with Crippen LogP contribution in [0.15, 0.2) is 48.5 Å². The van der Waals surface area contributed by atoms with Gasteiger partial charge in [0.1, 0.15) is 5.75 Å². The third kappa shape index (κ3) is 4.14. The van der Waals surface area contributed by atoms with Crippen molar-refractivity contribution in [1.82, 2.24) is 4.90 Å². The highest BCUT2D eigenvalue weighted by Crippen LogP contribution is 2.37. The number of carbonyl (C=O) groups is 1. The molecule has 0 aliphatic rings. The van der Waals surface area contributed by atoms with E-state index in [1.165, 1.54) is 0 Å². The second-order valence-corrected chi connectivity index (χ2v) is 6.42. The molecule has 6 heteroatoms. The predicted molar refractivity (Wildman–Crippen MR) is 105 cm³/mol. The van der Waals surface area contributed by atoms with E-state index in [9.17, 15) is 4.79 Å². The minimum Gasteiger partial charge on any atom is -0.462 e. The minimum atomic E-state index is -1.45. The van der Waals surface area contributed by atoms with Crippen molar-refractivity contribution in [2.24, 2.45) is 0 Å². The van der Waals surface area contributed by atoms with Crippen LogP contribution in [0.4, 0.5) is 0 Å². The van der Waals surface area contributed by atoms with Crippen LogP contribution in [0.2, 0.25) is 10.0 Å². The van der Waals surface area contributed by atoms with Crippen molar-refractivity contribution in [3.63, 3.8) is 0 Å². The number of esters is 1. The third-order valence-corrected chi connectivity index (χ3v) is 4.61. The van der Waals surface area contributed by atoms with Gasteiger partial charge in [0, 0.05) is 10.6 Å². The Morgan fingerprint density at radius 2 is 1.69 bits per heavy atom. The number of hydrogen-bond donors (Lipinski definition) is 0. The van der Waals surface area contributed by atoms with E-state index in [2.05, 4.69) is 0 Å². The molecule has 0 aliphatic heterocycles. The molecular formula is C20H23Cl2NO3. The van der Waals surface area contributed by atoms with Crippen LogP contribution in [0.25, 0.3) is 0 Å². The molecule has 0 aliphatic carbocycles. The molecule has 0 spiro atoms. The molecule has 2 aromatic carbocycles. The van der Waals surface area contributed by atoms with Crippen LogP contribution in [0, 0.1) is 0 Å². The largest absolute Gasteiger partial charge is 0.462 e. The zero-order chi connectivity index (χ0) is 19.2. The Labute approximate surface area is 164 Å². The number of hydrogen-bond acceptors (Lipinski definition) is 4. The summed E-state index contributed by atoms with van der Waals surface area (Å²) in [7, 11) is 0. The molecule has 2 rings (SSSR count). The number of nitrogens with zero attached hydrogens (tertiary/aromatic N) is 1. The van der Waals surface area contributed by atoms with E-state index >= 15 is 0 Å². The van der Waals surface area contributed by atoms with Crippen molar-refractivity contribution in [3.05, 3.63) is 64.1 Å². The monoisotopic (exact) mass is 395 g/mol. The summed E-state index contributed by atoms with van der Waals surface area (Å²) < 4.78 is 11.7. The summed E-state index contributed by atoms with van der Waals surface area (Å²) in [5.41, 5.74) is -0.772. The lowest BCUT2D eigenvalue weighted by Gasteiger charge is -2.41. The van der Waals surface area contributed by atoms with Crippen molar-refractivity contribution in [2.45, 2.75) is 26.5 Å². The standard InChI is InChI=1S/C20H23Cl2NO3/c1-4-23(5-2)20(19(24)25-6-3,15-10-8-7-9-11-15)26-18-13-12-16(21)14-17(18)22/h7-14H,4-6H2,1-3H3. The lowest BCUT2D eigenvalue weighted by atomic mass is 10.00. The van der Waals surface area contributed by atoms with Gasteiger partial charge in [-0.3, -0.25) is 4.90 Å². The van der Waals surface area contributed by atoms with Gasteiger partial charge in [0.2, 0.25) is 0 Å². The second kappa shape index (κ2) is 9.26. The van der Waals surface area contributed by atoms with E-state index in [4.69, 9.17) is 32.7 Å². The van der Waals surface area contributed by atoms with Crippen LogP contribution >= 0.6 is 23.2 Å². The smallest absolute Gasteiger partial charge is 0.371 e. The summed E-state index contributed by atoms with van der Waals surface area (Å²) in [4.78, 5) is 15.1. The number of ether oxygens (including phenoxy) is 2. The van der Waals surface area contributed by atoms with Gasteiger partial charge < -0.3 is 9.47 Å². The Balaban J connectivity index is 2.66. The maximum Gasteiger partial charge on any atom is 0.371 e. The van der Waals surface area contributed by atoms with Gasteiger partial charge in [0.05, 0.1) is 11.6 Å². The summed E-state index contributed by atoms with van der Waals surface area (Å²) in [6, 6.07) is 14.2. The quantitative estimate of drug-likeness (QED) is 0.458. The lowest BCUT2D eigenvalue weighted by molar-refractivity contribution is -0.185. The van der Waals surface area contributed by atoms with E-state index < -0.39 is 11.7 Å². The van der Waals surface area contributed by atoms with Crippen molar-refractivity contribution in [1.29, 1.82) is 0 Å². The summed E-state index contributed by atoms with van der Waals surface area (Å²) in [5, 5.41) is 0.820. The van der Waals surface area contributed by atoms with Gasteiger partial charge in [-0.05, 0) is 38.2 Å². The van der Waals surface area contributed by atoms with E-state index in [0.29, 0.717) is 34.4 Å². The Morgan fingerprint density at radius 3 is 2.23 bits per heavy atom. The number of rotatable bonds is 8. The highest BCUT2D eigenvalue weighted by atomic mass is 35.5. The van der Waals surface area contributed by atoms with E-state index in [-0.39, 0.29) is 6.61 Å². The van der Waals surface area contributed by atoms with Gasteiger partial charge >= 0.3 is 5.97 Å². The van der Waals surface area contributed by atoms with Gasteiger partial charge in [-0.1, -0.05) is 67.4 Å². The van der Waals surface area contributed by atoms with Gasteiger partial charge in [0.15, 0.2) is 0 Å². The fraction of sp³-hybridized carbons (Fsp3) is 0.350. The molecule has 0 bridgehead atoms. The fourth-order valence-electron chi connectivity index (χ4n) is 2.87. The van der Waals surface area contributed by atoms with Crippen LogP contribution in [-0.2, 0) is 15.3 Å². The Kier molecular flexibility index (Phi) is 7.33. The average molecular weight is 396 g/mol. The molecular weight excluding hydrogens is 373 g/mol. The predicted octanol–water partition coefficient (Wildman–Crippen LogP) is 5.13. The van der Waals surface area contributed by atoms with E-state index in [1.807, 2.05) is 49.1 Å². The first-order valence-corrected chi connectivity index (χ1v) is 9.37. The molecule has 0 N–H and O–H groups in total. The summed E-state index contributed by atoms with van der Waals surface area (Å²) in [5.74, 6) is -0.124. The molecule has 0 amide bonds. The first-order chi connectivity index (χ1) is 12.5. The van der Waals surface area contributed by atoms with Crippen LogP contribution in [0.5, 0.6) is 5.75 Å². The maximum atomic E-state index is 13.1. The summed E-state index contributed by atoms with van der Waals surface area (Å²) in [6.45, 7) is 7.10. The van der Waals surface area contributed by atoms with Crippen molar-refractivity contribution >= 4 is 29.2 Å². The zero-order valence-electron chi connectivity index (χ0n) is 15.2. The summed E-state index contributed by atoms with van der Waals surface area (Å²) >= 11 is 12.3.